The third kappa shape index (κ3) is 6.05. The quantitative estimate of drug-likeness (QED) is 0.788. The molecule has 3 nitrogen and oxygen atoms in total. The number of ether oxygens (including phenoxy) is 2. The lowest BCUT2D eigenvalue weighted by atomic mass is 10.0. The van der Waals surface area contributed by atoms with Gasteiger partial charge in [0.15, 0.2) is 0 Å². The fourth-order valence-corrected chi connectivity index (χ4v) is 1.42. The maximum Gasteiger partial charge on any atom is 0.119 e. The number of nitrogens with two attached hydrogens (primary N) is 1. The lowest BCUT2D eigenvalue weighted by Crippen LogP contribution is -2.40. The van der Waals surface area contributed by atoms with E-state index in [1.165, 1.54) is 0 Å². The fraction of sp³-hybridized carbons (Fsp3) is 0.538. The van der Waals surface area contributed by atoms with Crippen LogP contribution in [0.25, 0.3) is 0 Å². The van der Waals surface area contributed by atoms with Gasteiger partial charge in [-0.25, -0.2) is 0 Å². The van der Waals surface area contributed by atoms with E-state index >= 15 is 0 Å². The highest BCUT2D eigenvalue weighted by Crippen LogP contribution is 2.15. The minimum atomic E-state index is -0.238. The zero-order chi connectivity index (χ0) is 12.7. The van der Waals surface area contributed by atoms with Crippen LogP contribution in [0, 0.1) is 0 Å². The van der Waals surface area contributed by atoms with E-state index in [9.17, 15) is 0 Å². The summed E-state index contributed by atoms with van der Waals surface area (Å²) in [6, 6.07) is 7.74. The molecule has 4 heteroatoms. The summed E-state index contributed by atoms with van der Waals surface area (Å²) in [5.41, 5.74) is 5.72. The Morgan fingerprint density at radius 1 is 1.24 bits per heavy atom. The molecule has 0 radical (unpaired) electrons. The van der Waals surface area contributed by atoms with Crippen molar-refractivity contribution in [3.05, 3.63) is 28.7 Å². The molecule has 0 aliphatic heterocycles. The smallest absolute Gasteiger partial charge is 0.119 e. The molecule has 17 heavy (non-hydrogen) atoms. The highest BCUT2D eigenvalue weighted by atomic mass is 79.9. The molecule has 0 saturated heterocycles. The van der Waals surface area contributed by atoms with Crippen molar-refractivity contribution in [1.82, 2.24) is 0 Å². The predicted octanol–water partition coefficient (Wildman–Crippen LogP) is 2.97. The van der Waals surface area contributed by atoms with Crippen LogP contribution < -0.4 is 10.5 Å². The van der Waals surface area contributed by atoms with Crippen molar-refractivity contribution in [2.24, 2.45) is 5.73 Å². The van der Waals surface area contributed by atoms with Crippen LogP contribution in [0.1, 0.15) is 20.3 Å². The fourth-order valence-electron chi connectivity index (χ4n) is 1.16. The molecule has 2 N–H and O–H groups in total. The molecule has 1 rings (SSSR count). The third-order valence-electron chi connectivity index (χ3n) is 2.55. The molecule has 0 amide bonds. The summed E-state index contributed by atoms with van der Waals surface area (Å²) >= 11 is 3.37. The summed E-state index contributed by atoms with van der Waals surface area (Å²) in [6.07, 6.45) is 0.903. The van der Waals surface area contributed by atoms with Gasteiger partial charge in [-0.2, -0.15) is 0 Å². The van der Waals surface area contributed by atoms with E-state index in [-0.39, 0.29) is 5.54 Å². The van der Waals surface area contributed by atoms with E-state index < -0.39 is 0 Å². The van der Waals surface area contributed by atoms with Crippen LogP contribution in [0.3, 0.4) is 0 Å². The first-order valence-corrected chi connectivity index (χ1v) is 6.58. The first-order chi connectivity index (χ1) is 8.03. The Balaban J connectivity index is 2.14. The Hall–Kier alpha value is -0.580. The average Bonchev–Trinajstić information content (AvgIpc) is 2.31. The predicted molar refractivity (Wildman–Crippen MR) is 73.3 cm³/mol. The summed E-state index contributed by atoms with van der Waals surface area (Å²) in [4.78, 5) is 0. The molecule has 0 saturated carbocycles. The second kappa shape index (κ2) is 6.99. The van der Waals surface area contributed by atoms with Crippen molar-refractivity contribution in [2.45, 2.75) is 25.8 Å². The Morgan fingerprint density at radius 3 is 2.47 bits per heavy atom. The molecular formula is C13H20BrNO2. The monoisotopic (exact) mass is 301 g/mol. The summed E-state index contributed by atoms with van der Waals surface area (Å²) in [5, 5.41) is 0. The summed E-state index contributed by atoms with van der Waals surface area (Å²) < 4.78 is 12.0. The van der Waals surface area contributed by atoms with Gasteiger partial charge in [0.05, 0.1) is 13.2 Å². The average molecular weight is 302 g/mol. The lowest BCUT2D eigenvalue weighted by Gasteiger charge is -2.22. The van der Waals surface area contributed by atoms with Crippen LogP contribution in [0.15, 0.2) is 28.7 Å². The first-order valence-electron chi connectivity index (χ1n) is 5.78. The highest BCUT2D eigenvalue weighted by Gasteiger charge is 2.15. The van der Waals surface area contributed by atoms with Crippen LogP contribution in [-0.4, -0.2) is 25.4 Å². The molecule has 1 aromatic rings. The molecule has 1 atom stereocenters. The molecular weight excluding hydrogens is 282 g/mol. The molecule has 0 aliphatic carbocycles. The maximum absolute atomic E-state index is 5.95. The molecule has 1 aromatic carbocycles. The Kier molecular flexibility index (Phi) is 5.95. The molecule has 0 spiro atoms. The molecule has 1 unspecified atom stereocenters. The third-order valence-corrected chi connectivity index (χ3v) is 3.08. The van der Waals surface area contributed by atoms with Gasteiger partial charge in [0.25, 0.3) is 0 Å². The first kappa shape index (κ1) is 14.5. The number of hydrogen-bond acceptors (Lipinski definition) is 3. The van der Waals surface area contributed by atoms with E-state index in [1.807, 2.05) is 31.2 Å². The minimum absolute atomic E-state index is 0.238. The van der Waals surface area contributed by atoms with Gasteiger partial charge < -0.3 is 15.2 Å². The van der Waals surface area contributed by atoms with Crippen molar-refractivity contribution in [3.8, 4) is 5.75 Å². The number of hydrogen-bond donors (Lipinski definition) is 1. The van der Waals surface area contributed by atoms with Crippen molar-refractivity contribution < 1.29 is 9.47 Å². The van der Waals surface area contributed by atoms with Crippen molar-refractivity contribution >= 4 is 15.9 Å². The molecule has 0 aliphatic rings. The Bertz CT molecular complexity index is 325. The van der Waals surface area contributed by atoms with Gasteiger partial charge in [-0.1, -0.05) is 22.9 Å². The number of halogens is 1. The van der Waals surface area contributed by atoms with Crippen LogP contribution in [-0.2, 0) is 4.74 Å². The molecule has 0 aromatic heterocycles. The Labute approximate surface area is 111 Å². The molecule has 0 bridgehead atoms. The summed E-state index contributed by atoms with van der Waals surface area (Å²) in [7, 11) is 0. The molecule has 96 valence electrons. The van der Waals surface area contributed by atoms with Crippen LogP contribution in [0.2, 0.25) is 0 Å². The van der Waals surface area contributed by atoms with E-state index in [4.69, 9.17) is 15.2 Å². The van der Waals surface area contributed by atoms with Gasteiger partial charge in [-0.05, 0) is 37.6 Å². The van der Waals surface area contributed by atoms with E-state index in [0.717, 1.165) is 16.6 Å². The van der Waals surface area contributed by atoms with Gasteiger partial charge >= 0.3 is 0 Å². The zero-order valence-corrected chi connectivity index (χ0v) is 12.0. The SMILES string of the molecule is CCC(C)(N)COCCOc1ccc(Br)cc1. The maximum atomic E-state index is 5.95. The topological polar surface area (TPSA) is 44.5 Å². The number of rotatable bonds is 7. The van der Waals surface area contributed by atoms with Gasteiger partial charge in [0.2, 0.25) is 0 Å². The minimum Gasteiger partial charge on any atom is -0.491 e. The van der Waals surface area contributed by atoms with Gasteiger partial charge in [0.1, 0.15) is 12.4 Å². The van der Waals surface area contributed by atoms with Crippen molar-refractivity contribution in [3.63, 3.8) is 0 Å². The van der Waals surface area contributed by atoms with E-state index in [2.05, 4.69) is 22.9 Å². The summed E-state index contributed by atoms with van der Waals surface area (Å²) in [5.74, 6) is 0.850. The van der Waals surface area contributed by atoms with Gasteiger partial charge in [-0.3, -0.25) is 0 Å². The largest absolute Gasteiger partial charge is 0.491 e. The van der Waals surface area contributed by atoms with Crippen LogP contribution in [0.5, 0.6) is 5.75 Å². The van der Waals surface area contributed by atoms with Crippen molar-refractivity contribution in [1.29, 1.82) is 0 Å². The van der Waals surface area contributed by atoms with Gasteiger partial charge in [0, 0.05) is 10.0 Å². The Morgan fingerprint density at radius 2 is 1.88 bits per heavy atom. The van der Waals surface area contributed by atoms with Gasteiger partial charge in [-0.15, -0.1) is 0 Å². The second-order valence-electron chi connectivity index (χ2n) is 4.36. The lowest BCUT2D eigenvalue weighted by molar-refractivity contribution is 0.0665. The summed E-state index contributed by atoms with van der Waals surface area (Å²) in [6.45, 7) is 5.71. The highest BCUT2D eigenvalue weighted by molar-refractivity contribution is 9.10. The van der Waals surface area contributed by atoms with E-state index in [1.54, 1.807) is 0 Å². The normalized spacial score (nSPS) is 14.4. The van der Waals surface area contributed by atoms with Crippen LogP contribution >= 0.6 is 15.9 Å². The van der Waals surface area contributed by atoms with Crippen molar-refractivity contribution in [2.75, 3.05) is 19.8 Å². The standard InChI is InChI=1S/C13H20BrNO2/c1-3-13(2,15)10-16-8-9-17-12-6-4-11(14)5-7-12/h4-7H,3,8-10,15H2,1-2H3. The van der Waals surface area contributed by atoms with Crippen LogP contribution in [0.4, 0.5) is 0 Å². The molecule has 0 heterocycles. The number of benzene rings is 1. The zero-order valence-electron chi connectivity index (χ0n) is 10.4. The van der Waals surface area contributed by atoms with E-state index in [0.29, 0.717) is 19.8 Å². The second-order valence-corrected chi connectivity index (χ2v) is 5.28. The molecule has 0 fully saturated rings.